The Hall–Kier alpha value is -1.70. The monoisotopic (exact) mass is 304 g/mol. The van der Waals surface area contributed by atoms with Crippen LogP contribution in [0.15, 0.2) is 46.1 Å². The van der Waals surface area contributed by atoms with Crippen LogP contribution < -0.4 is 5.32 Å². The number of carbonyl (C=O) groups is 1. The van der Waals surface area contributed by atoms with Crippen LogP contribution in [0.25, 0.3) is 0 Å². The number of rotatable bonds is 2. The fraction of sp³-hybridized carbons (Fsp3) is 0.200. The predicted molar refractivity (Wildman–Crippen MR) is 82.3 cm³/mol. The normalized spacial score (nSPS) is 18.6. The van der Waals surface area contributed by atoms with Crippen LogP contribution in [0.1, 0.15) is 25.3 Å². The van der Waals surface area contributed by atoms with Crippen molar-refractivity contribution >= 4 is 30.0 Å². The molecule has 1 heterocycles. The molecule has 3 nitrogen and oxygen atoms in total. The first-order valence-corrected chi connectivity index (χ1v) is 6.86. The molecular formula is C15H13ClN2OS. The summed E-state index contributed by atoms with van der Waals surface area (Å²) in [7, 11) is 0. The van der Waals surface area contributed by atoms with Gasteiger partial charge in [-0.15, -0.1) is 12.6 Å². The Morgan fingerprint density at radius 3 is 2.65 bits per heavy atom. The molecule has 0 spiro atoms. The molecule has 0 saturated heterocycles. The summed E-state index contributed by atoms with van der Waals surface area (Å²) in [5, 5.41) is 13.3. The van der Waals surface area contributed by atoms with Gasteiger partial charge in [0.1, 0.15) is 0 Å². The van der Waals surface area contributed by atoms with Crippen LogP contribution >= 0.6 is 24.2 Å². The van der Waals surface area contributed by atoms with E-state index in [2.05, 4.69) is 24.0 Å². The van der Waals surface area contributed by atoms with E-state index < -0.39 is 5.92 Å². The number of ketones is 1. The van der Waals surface area contributed by atoms with Gasteiger partial charge in [0, 0.05) is 16.3 Å². The van der Waals surface area contributed by atoms with Gasteiger partial charge in [-0.25, -0.2) is 0 Å². The molecule has 0 saturated carbocycles. The summed E-state index contributed by atoms with van der Waals surface area (Å²) < 4.78 is 0. The van der Waals surface area contributed by atoms with E-state index in [1.807, 2.05) is 18.2 Å². The lowest BCUT2D eigenvalue weighted by Gasteiger charge is -2.28. The number of benzene rings is 1. The highest BCUT2D eigenvalue weighted by Crippen LogP contribution is 2.41. The van der Waals surface area contributed by atoms with Gasteiger partial charge < -0.3 is 5.32 Å². The number of nitrogens with one attached hydrogen (secondary N) is 1. The van der Waals surface area contributed by atoms with Crippen LogP contribution in [0.3, 0.4) is 0 Å². The smallest absolute Gasteiger partial charge is 0.158 e. The molecule has 1 aromatic rings. The zero-order chi connectivity index (χ0) is 14.9. The molecule has 0 aliphatic carbocycles. The Morgan fingerprint density at radius 1 is 1.45 bits per heavy atom. The fourth-order valence-electron chi connectivity index (χ4n) is 2.41. The van der Waals surface area contributed by atoms with E-state index in [9.17, 15) is 10.1 Å². The standard InChI is InChI=1S/C15H13ClN2OS/c1-8-13(9(2)19)14(11(7-17)15(20)18-8)10-5-3-4-6-12(10)16/h3-6,14,18,20H,1-2H3. The molecule has 0 amide bonds. The summed E-state index contributed by atoms with van der Waals surface area (Å²) in [4.78, 5) is 12.0. The van der Waals surface area contributed by atoms with Crippen molar-refractivity contribution in [2.45, 2.75) is 19.8 Å². The van der Waals surface area contributed by atoms with E-state index in [-0.39, 0.29) is 5.78 Å². The third-order valence-corrected chi connectivity index (χ3v) is 3.96. The number of hydrogen-bond acceptors (Lipinski definition) is 4. The summed E-state index contributed by atoms with van der Waals surface area (Å²) in [6.45, 7) is 3.29. The Kier molecular flexibility index (Phi) is 4.22. The summed E-state index contributed by atoms with van der Waals surface area (Å²) >= 11 is 10.5. The Labute approximate surface area is 128 Å². The summed E-state index contributed by atoms with van der Waals surface area (Å²) in [5.74, 6) is -0.562. The minimum Gasteiger partial charge on any atom is -0.353 e. The van der Waals surface area contributed by atoms with Crippen molar-refractivity contribution in [3.05, 3.63) is 56.7 Å². The lowest BCUT2D eigenvalue weighted by molar-refractivity contribution is -0.113. The summed E-state index contributed by atoms with van der Waals surface area (Å²) in [5.41, 5.74) is 2.39. The first-order chi connectivity index (χ1) is 9.47. The lowest BCUT2D eigenvalue weighted by atomic mass is 9.81. The number of nitriles is 1. The molecule has 1 aromatic carbocycles. The molecular weight excluding hydrogens is 292 g/mol. The summed E-state index contributed by atoms with van der Waals surface area (Å²) in [6.07, 6.45) is 0. The van der Waals surface area contributed by atoms with E-state index in [0.717, 1.165) is 5.56 Å². The largest absolute Gasteiger partial charge is 0.353 e. The van der Waals surface area contributed by atoms with Crippen molar-refractivity contribution in [3.63, 3.8) is 0 Å². The third kappa shape index (κ3) is 2.47. The maximum Gasteiger partial charge on any atom is 0.158 e. The van der Waals surface area contributed by atoms with Gasteiger partial charge in [0.05, 0.1) is 22.6 Å². The first kappa shape index (κ1) is 14.7. The summed E-state index contributed by atoms with van der Waals surface area (Å²) in [6, 6.07) is 9.36. The van der Waals surface area contributed by atoms with Gasteiger partial charge in [0.15, 0.2) is 5.78 Å². The van der Waals surface area contributed by atoms with Crippen molar-refractivity contribution in [1.29, 1.82) is 5.26 Å². The second-order valence-corrected chi connectivity index (χ2v) is 5.40. The second kappa shape index (κ2) is 5.74. The predicted octanol–water partition coefficient (Wildman–Crippen LogP) is 3.55. The van der Waals surface area contributed by atoms with E-state index in [0.29, 0.717) is 26.9 Å². The SMILES string of the molecule is CC(=O)C1=C(C)NC(S)=C(C#N)C1c1ccccc1Cl. The van der Waals surface area contributed by atoms with Crippen LogP contribution in [0, 0.1) is 11.3 Å². The third-order valence-electron chi connectivity index (χ3n) is 3.26. The van der Waals surface area contributed by atoms with E-state index in [1.165, 1.54) is 6.92 Å². The molecule has 2 rings (SSSR count). The number of carbonyl (C=O) groups excluding carboxylic acids is 1. The van der Waals surface area contributed by atoms with E-state index in [4.69, 9.17) is 11.6 Å². The van der Waals surface area contributed by atoms with Crippen molar-refractivity contribution in [1.82, 2.24) is 5.32 Å². The van der Waals surface area contributed by atoms with Gasteiger partial charge >= 0.3 is 0 Å². The molecule has 5 heteroatoms. The van der Waals surface area contributed by atoms with Crippen molar-refractivity contribution in [3.8, 4) is 6.07 Å². The van der Waals surface area contributed by atoms with Gasteiger partial charge in [-0.2, -0.15) is 5.26 Å². The quantitative estimate of drug-likeness (QED) is 0.822. The molecule has 1 N–H and O–H groups in total. The van der Waals surface area contributed by atoms with Gasteiger partial charge in [0.2, 0.25) is 0 Å². The van der Waals surface area contributed by atoms with E-state index >= 15 is 0 Å². The molecule has 1 aliphatic rings. The minimum absolute atomic E-state index is 0.0893. The van der Waals surface area contributed by atoms with Crippen LogP contribution in [0.4, 0.5) is 0 Å². The zero-order valence-electron chi connectivity index (χ0n) is 11.1. The van der Waals surface area contributed by atoms with Gasteiger partial charge in [-0.1, -0.05) is 29.8 Å². The Bertz CT molecular complexity index is 685. The highest BCUT2D eigenvalue weighted by atomic mass is 35.5. The molecule has 20 heavy (non-hydrogen) atoms. The number of dihydropyridines is 1. The number of hydrogen-bond donors (Lipinski definition) is 2. The molecule has 0 aromatic heterocycles. The second-order valence-electron chi connectivity index (χ2n) is 4.55. The highest BCUT2D eigenvalue weighted by Gasteiger charge is 2.32. The Morgan fingerprint density at radius 2 is 2.10 bits per heavy atom. The molecule has 1 unspecified atom stereocenters. The number of thiol groups is 1. The van der Waals surface area contributed by atoms with Crippen LogP contribution in [-0.4, -0.2) is 5.78 Å². The number of allylic oxidation sites excluding steroid dienone is 3. The Balaban J connectivity index is 2.71. The van der Waals surface area contributed by atoms with Crippen molar-refractivity contribution < 1.29 is 4.79 Å². The number of halogens is 1. The van der Waals surface area contributed by atoms with Gasteiger partial charge in [0.25, 0.3) is 0 Å². The topological polar surface area (TPSA) is 52.9 Å². The maximum atomic E-state index is 12.0. The number of nitrogens with zero attached hydrogens (tertiary/aromatic N) is 1. The molecule has 0 fully saturated rings. The first-order valence-electron chi connectivity index (χ1n) is 6.03. The molecule has 0 radical (unpaired) electrons. The maximum absolute atomic E-state index is 12.0. The minimum atomic E-state index is -0.472. The number of Topliss-reactive ketones (excluding diaryl/α,β-unsaturated/α-hetero) is 1. The average Bonchev–Trinajstić information content (AvgIpc) is 2.38. The average molecular weight is 305 g/mol. The lowest BCUT2D eigenvalue weighted by Crippen LogP contribution is -2.26. The molecule has 102 valence electrons. The van der Waals surface area contributed by atoms with E-state index in [1.54, 1.807) is 13.0 Å². The van der Waals surface area contributed by atoms with Gasteiger partial charge in [-0.3, -0.25) is 4.79 Å². The van der Waals surface area contributed by atoms with Crippen molar-refractivity contribution in [2.24, 2.45) is 0 Å². The molecule has 0 bridgehead atoms. The van der Waals surface area contributed by atoms with Crippen LogP contribution in [0.2, 0.25) is 5.02 Å². The van der Waals surface area contributed by atoms with Gasteiger partial charge in [-0.05, 0) is 25.5 Å². The van der Waals surface area contributed by atoms with Crippen LogP contribution in [-0.2, 0) is 4.79 Å². The van der Waals surface area contributed by atoms with Crippen LogP contribution in [0.5, 0.6) is 0 Å². The van der Waals surface area contributed by atoms with Crippen molar-refractivity contribution in [2.75, 3.05) is 0 Å². The molecule has 1 atom stereocenters. The molecule has 1 aliphatic heterocycles. The highest BCUT2D eigenvalue weighted by molar-refractivity contribution is 7.84. The zero-order valence-corrected chi connectivity index (χ0v) is 12.7. The fourth-order valence-corrected chi connectivity index (χ4v) is 3.01.